The van der Waals surface area contributed by atoms with Gasteiger partial charge in [0.15, 0.2) is 0 Å². The Morgan fingerprint density at radius 2 is 1.70 bits per heavy atom. The second-order valence-electron chi connectivity index (χ2n) is 6.34. The van der Waals surface area contributed by atoms with E-state index < -0.39 is 16.6 Å². The number of aliphatic hydroxyl groups excluding tert-OH is 1. The van der Waals surface area contributed by atoms with E-state index in [0.29, 0.717) is 6.42 Å². The van der Waals surface area contributed by atoms with E-state index in [9.17, 15) is 4.21 Å². The Bertz CT molecular complexity index is 449. The van der Waals surface area contributed by atoms with Gasteiger partial charge in [-0.2, -0.15) is 0 Å². The summed E-state index contributed by atoms with van der Waals surface area (Å²) in [6, 6.07) is 7.35. The third-order valence-corrected chi connectivity index (χ3v) is 4.26. The van der Waals surface area contributed by atoms with Gasteiger partial charge in [0.2, 0.25) is 0 Å². The largest absolute Gasteiger partial charge is 0.488 e. The Morgan fingerprint density at radius 1 is 1.15 bits per heavy atom. The van der Waals surface area contributed by atoms with Crippen LogP contribution in [0.3, 0.4) is 0 Å². The van der Waals surface area contributed by atoms with Gasteiger partial charge < -0.3 is 14.6 Å². The first-order valence-corrected chi connectivity index (χ1v) is 7.87. The zero-order valence-electron chi connectivity index (χ0n) is 12.9. The van der Waals surface area contributed by atoms with Crippen LogP contribution in [0.4, 0.5) is 5.69 Å². The summed E-state index contributed by atoms with van der Waals surface area (Å²) in [4.78, 5) is 0. The topological polar surface area (TPSA) is 58.6 Å². The van der Waals surface area contributed by atoms with Crippen LogP contribution in [-0.4, -0.2) is 26.3 Å². The van der Waals surface area contributed by atoms with Crippen molar-refractivity contribution < 1.29 is 14.1 Å². The molecule has 0 aromatic heterocycles. The fourth-order valence-corrected chi connectivity index (χ4v) is 2.15. The zero-order chi connectivity index (χ0) is 15.4. The fourth-order valence-electron chi connectivity index (χ4n) is 1.49. The van der Waals surface area contributed by atoms with E-state index >= 15 is 0 Å². The van der Waals surface area contributed by atoms with Gasteiger partial charge in [-0.25, -0.2) is 4.21 Å². The number of hydrogen-bond donors (Lipinski definition) is 2. The molecule has 1 atom stereocenters. The summed E-state index contributed by atoms with van der Waals surface area (Å²) >= 11 is 0. The Kier molecular flexibility index (Phi) is 5.59. The second-order valence-corrected chi connectivity index (χ2v) is 8.31. The van der Waals surface area contributed by atoms with Crippen molar-refractivity contribution in [3.05, 3.63) is 24.3 Å². The summed E-state index contributed by atoms with van der Waals surface area (Å²) in [6.45, 7) is 9.73. The van der Waals surface area contributed by atoms with Gasteiger partial charge in [0.25, 0.3) is 0 Å². The van der Waals surface area contributed by atoms with E-state index in [1.165, 1.54) is 0 Å². The lowest BCUT2D eigenvalue weighted by molar-refractivity contribution is 0.0765. The number of anilines is 1. The van der Waals surface area contributed by atoms with Crippen LogP contribution in [0, 0.1) is 0 Å². The van der Waals surface area contributed by atoms with Gasteiger partial charge in [0, 0.05) is 18.7 Å². The molecule has 0 heterocycles. The average molecular weight is 299 g/mol. The van der Waals surface area contributed by atoms with Gasteiger partial charge in [0.05, 0.1) is 4.75 Å². The van der Waals surface area contributed by atoms with Crippen molar-refractivity contribution >= 4 is 16.7 Å². The van der Waals surface area contributed by atoms with Crippen molar-refractivity contribution in [1.82, 2.24) is 0 Å². The van der Waals surface area contributed by atoms with Crippen molar-refractivity contribution in [3.63, 3.8) is 0 Å². The molecule has 1 aromatic rings. The summed E-state index contributed by atoms with van der Waals surface area (Å²) in [5.41, 5.74) is 0.392. The van der Waals surface area contributed by atoms with E-state index in [1.807, 2.05) is 58.9 Å². The Balaban J connectivity index is 2.68. The van der Waals surface area contributed by atoms with E-state index in [4.69, 9.17) is 9.84 Å². The molecule has 4 nitrogen and oxygen atoms in total. The van der Waals surface area contributed by atoms with Crippen LogP contribution in [0.15, 0.2) is 24.3 Å². The van der Waals surface area contributed by atoms with Gasteiger partial charge in [-0.15, -0.1) is 0 Å². The van der Waals surface area contributed by atoms with Crippen molar-refractivity contribution in [2.75, 3.05) is 11.3 Å². The first kappa shape index (κ1) is 17.0. The number of benzene rings is 1. The SMILES string of the molecule is CC(C)(CCO)Oc1ccc(NS(=O)C(C)(C)C)cc1. The Morgan fingerprint density at radius 3 is 2.15 bits per heavy atom. The number of nitrogens with one attached hydrogen (secondary N) is 1. The summed E-state index contributed by atoms with van der Waals surface area (Å²) < 4.78 is 20.4. The van der Waals surface area contributed by atoms with E-state index in [-0.39, 0.29) is 11.4 Å². The molecule has 20 heavy (non-hydrogen) atoms. The van der Waals surface area contributed by atoms with Crippen LogP contribution < -0.4 is 9.46 Å². The number of ether oxygens (including phenoxy) is 1. The molecule has 0 spiro atoms. The third-order valence-electron chi connectivity index (χ3n) is 2.73. The predicted octanol–water partition coefficient (Wildman–Crippen LogP) is 3.10. The molecule has 0 bridgehead atoms. The van der Waals surface area contributed by atoms with E-state index in [0.717, 1.165) is 11.4 Å². The first-order valence-electron chi connectivity index (χ1n) is 6.72. The molecule has 114 valence electrons. The Labute approximate surface area is 124 Å². The molecule has 5 heteroatoms. The van der Waals surface area contributed by atoms with Gasteiger partial charge in [-0.05, 0) is 58.9 Å². The highest BCUT2D eigenvalue weighted by molar-refractivity contribution is 7.87. The highest BCUT2D eigenvalue weighted by Gasteiger charge is 2.20. The number of hydrogen-bond acceptors (Lipinski definition) is 3. The minimum Gasteiger partial charge on any atom is -0.488 e. The van der Waals surface area contributed by atoms with Crippen molar-refractivity contribution in [3.8, 4) is 5.75 Å². The maximum atomic E-state index is 12.0. The predicted molar refractivity (Wildman–Crippen MR) is 84.4 cm³/mol. The van der Waals surface area contributed by atoms with Crippen LogP contribution in [0.2, 0.25) is 0 Å². The van der Waals surface area contributed by atoms with Crippen LogP contribution >= 0.6 is 0 Å². The summed E-state index contributed by atoms with van der Waals surface area (Å²) in [5.74, 6) is 0.732. The molecule has 0 amide bonds. The summed E-state index contributed by atoms with van der Waals surface area (Å²) in [7, 11) is -1.14. The highest BCUT2D eigenvalue weighted by atomic mass is 32.2. The van der Waals surface area contributed by atoms with Crippen molar-refractivity contribution in [2.45, 2.75) is 51.4 Å². The molecule has 1 unspecified atom stereocenters. The van der Waals surface area contributed by atoms with E-state index in [2.05, 4.69) is 4.72 Å². The molecule has 0 aliphatic rings. The summed E-state index contributed by atoms with van der Waals surface area (Å²) in [6.07, 6.45) is 0.570. The number of rotatable bonds is 6. The molecule has 0 aliphatic carbocycles. The number of aliphatic hydroxyl groups is 1. The van der Waals surface area contributed by atoms with Crippen LogP contribution in [0.1, 0.15) is 41.0 Å². The molecule has 2 N–H and O–H groups in total. The molecule has 0 aliphatic heterocycles. The van der Waals surface area contributed by atoms with Crippen molar-refractivity contribution in [1.29, 1.82) is 0 Å². The lowest BCUT2D eigenvalue weighted by atomic mass is 10.1. The maximum absolute atomic E-state index is 12.0. The minimum absolute atomic E-state index is 0.0944. The zero-order valence-corrected chi connectivity index (χ0v) is 13.7. The Hall–Kier alpha value is -1.07. The van der Waals surface area contributed by atoms with Gasteiger partial charge in [-0.1, -0.05) is 0 Å². The van der Waals surface area contributed by atoms with Gasteiger partial charge in [-0.3, -0.25) is 0 Å². The fraction of sp³-hybridized carbons (Fsp3) is 0.600. The second kappa shape index (κ2) is 6.59. The molecular formula is C15H25NO3S. The standard InChI is InChI=1S/C15H25NO3S/c1-14(2,3)20(18)16-12-6-8-13(9-7-12)19-15(4,5)10-11-17/h6-9,16-17H,10-11H2,1-5H3. The lowest BCUT2D eigenvalue weighted by Crippen LogP contribution is -2.29. The normalized spacial score (nSPS) is 13.9. The lowest BCUT2D eigenvalue weighted by Gasteiger charge is -2.26. The third kappa shape index (κ3) is 5.51. The monoisotopic (exact) mass is 299 g/mol. The van der Waals surface area contributed by atoms with E-state index in [1.54, 1.807) is 0 Å². The quantitative estimate of drug-likeness (QED) is 0.848. The minimum atomic E-state index is -1.14. The smallest absolute Gasteiger partial charge is 0.122 e. The molecule has 1 rings (SSSR count). The van der Waals surface area contributed by atoms with Crippen LogP contribution in [0.25, 0.3) is 0 Å². The molecule has 0 saturated carbocycles. The van der Waals surface area contributed by atoms with Crippen molar-refractivity contribution in [2.24, 2.45) is 0 Å². The maximum Gasteiger partial charge on any atom is 0.122 e. The van der Waals surface area contributed by atoms with Crippen LogP contribution in [-0.2, 0) is 11.0 Å². The van der Waals surface area contributed by atoms with Gasteiger partial charge in [0.1, 0.15) is 22.3 Å². The summed E-state index contributed by atoms with van der Waals surface area (Å²) in [5, 5.41) is 8.98. The van der Waals surface area contributed by atoms with Gasteiger partial charge >= 0.3 is 0 Å². The molecule has 1 aromatic carbocycles. The first-order chi connectivity index (χ1) is 9.14. The molecular weight excluding hydrogens is 274 g/mol. The molecule has 0 radical (unpaired) electrons. The van der Waals surface area contributed by atoms with Crippen LogP contribution in [0.5, 0.6) is 5.75 Å². The molecule has 0 saturated heterocycles. The highest BCUT2D eigenvalue weighted by Crippen LogP contribution is 2.23. The average Bonchev–Trinajstić information content (AvgIpc) is 2.29. The molecule has 0 fully saturated rings.